The number of hydrogen-bond donors (Lipinski definition) is 1. The average molecular weight is 451 g/mol. The zero-order valence-electron chi connectivity index (χ0n) is 11.0. The number of pyridine rings is 1. The number of halogens is 3. The maximum Gasteiger partial charge on any atom is 0.234 e. The van der Waals surface area contributed by atoms with Gasteiger partial charge in [-0.3, -0.25) is 4.79 Å². The number of carbonyl (C=O) groups is 1. The number of aromatic nitrogens is 1. The molecule has 1 aromatic heterocycles. The molecule has 3 nitrogen and oxygen atoms in total. The van der Waals surface area contributed by atoms with E-state index in [0.717, 1.165) is 25.2 Å². The molecule has 110 valence electrons. The van der Waals surface area contributed by atoms with Gasteiger partial charge in [-0.25, -0.2) is 4.98 Å². The van der Waals surface area contributed by atoms with E-state index in [-0.39, 0.29) is 11.7 Å². The van der Waals surface area contributed by atoms with Gasteiger partial charge in [-0.1, -0.05) is 23.4 Å². The van der Waals surface area contributed by atoms with Crippen LogP contribution >= 0.6 is 55.2 Å². The summed E-state index contributed by atoms with van der Waals surface area (Å²) in [5.41, 5.74) is 1.83. The lowest BCUT2D eigenvalue weighted by Gasteiger charge is -2.10. The van der Waals surface area contributed by atoms with Crippen molar-refractivity contribution in [1.82, 2.24) is 4.98 Å². The molecule has 0 saturated heterocycles. The zero-order valence-corrected chi connectivity index (χ0v) is 15.7. The maximum atomic E-state index is 12.0. The summed E-state index contributed by atoms with van der Waals surface area (Å²) in [5, 5.41) is 4.22. The van der Waals surface area contributed by atoms with Crippen LogP contribution in [0.4, 0.5) is 5.69 Å². The summed E-state index contributed by atoms with van der Waals surface area (Å²) in [4.78, 5) is 16.2. The number of anilines is 1. The Morgan fingerprint density at radius 2 is 2.00 bits per heavy atom. The topological polar surface area (TPSA) is 42.0 Å². The van der Waals surface area contributed by atoms with Gasteiger partial charge in [0, 0.05) is 15.1 Å². The number of benzene rings is 1. The largest absolute Gasteiger partial charge is 0.323 e. The van der Waals surface area contributed by atoms with Crippen molar-refractivity contribution in [2.24, 2.45) is 0 Å². The van der Waals surface area contributed by atoms with E-state index < -0.39 is 0 Å². The third kappa shape index (κ3) is 4.98. The fraction of sp³-hybridized carbons (Fsp3) is 0.143. The normalized spacial score (nSPS) is 10.5. The van der Waals surface area contributed by atoms with Crippen LogP contribution in [0.25, 0.3) is 0 Å². The van der Waals surface area contributed by atoms with Gasteiger partial charge in [-0.15, -0.1) is 0 Å². The van der Waals surface area contributed by atoms with Crippen LogP contribution in [0.5, 0.6) is 0 Å². The van der Waals surface area contributed by atoms with Crippen molar-refractivity contribution in [3.63, 3.8) is 0 Å². The maximum absolute atomic E-state index is 12.0. The van der Waals surface area contributed by atoms with Crippen LogP contribution in [-0.4, -0.2) is 16.6 Å². The molecule has 1 aromatic carbocycles. The lowest BCUT2D eigenvalue weighted by Crippen LogP contribution is -2.15. The van der Waals surface area contributed by atoms with Gasteiger partial charge >= 0.3 is 0 Å². The van der Waals surface area contributed by atoms with Crippen molar-refractivity contribution in [2.75, 3.05) is 11.1 Å². The van der Waals surface area contributed by atoms with Crippen molar-refractivity contribution in [2.45, 2.75) is 11.9 Å². The summed E-state index contributed by atoms with van der Waals surface area (Å²) in [5.74, 6) is 0.184. The summed E-state index contributed by atoms with van der Waals surface area (Å²) >= 11 is 14.0. The van der Waals surface area contributed by atoms with E-state index in [1.165, 1.54) is 11.8 Å². The van der Waals surface area contributed by atoms with Crippen LogP contribution < -0.4 is 5.32 Å². The van der Waals surface area contributed by atoms with E-state index in [2.05, 4.69) is 42.2 Å². The molecule has 0 aliphatic heterocycles. The second-order valence-electron chi connectivity index (χ2n) is 4.26. The Morgan fingerprint density at radius 1 is 1.33 bits per heavy atom. The molecular weight excluding hydrogens is 439 g/mol. The smallest absolute Gasteiger partial charge is 0.234 e. The minimum absolute atomic E-state index is 0.0954. The number of nitrogens with zero attached hydrogens (tertiary/aromatic N) is 1. The molecule has 2 aromatic rings. The minimum atomic E-state index is -0.0954. The third-order valence-corrected chi connectivity index (χ3v) is 4.92. The van der Waals surface area contributed by atoms with Crippen LogP contribution in [0, 0.1) is 6.92 Å². The molecule has 0 unspecified atom stereocenters. The molecule has 7 heteroatoms. The Bertz CT molecular complexity index is 642. The first-order valence-corrected chi connectivity index (χ1v) is 8.90. The Labute approximate surface area is 149 Å². The Balaban J connectivity index is 1.97. The van der Waals surface area contributed by atoms with Gasteiger partial charge in [0.15, 0.2) is 0 Å². The number of amides is 1. The fourth-order valence-corrected chi connectivity index (χ4v) is 3.95. The van der Waals surface area contributed by atoms with Crippen molar-refractivity contribution in [1.29, 1.82) is 0 Å². The molecule has 1 N–H and O–H groups in total. The molecule has 0 fully saturated rings. The quantitative estimate of drug-likeness (QED) is 0.643. The van der Waals surface area contributed by atoms with E-state index >= 15 is 0 Å². The summed E-state index contributed by atoms with van der Waals surface area (Å²) in [7, 11) is 0. The highest BCUT2D eigenvalue weighted by atomic mass is 79.9. The third-order valence-electron chi connectivity index (χ3n) is 2.50. The van der Waals surface area contributed by atoms with Gasteiger partial charge in [0.2, 0.25) is 5.91 Å². The van der Waals surface area contributed by atoms with Crippen LogP contribution in [0.15, 0.2) is 44.4 Å². The molecule has 0 spiro atoms. The predicted molar refractivity (Wildman–Crippen MR) is 95.2 cm³/mol. The van der Waals surface area contributed by atoms with Gasteiger partial charge in [0.05, 0.1) is 21.5 Å². The van der Waals surface area contributed by atoms with Crippen LogP contribution in [0.3, 0.4) is 0 Å². The van der Waals surface area contributed by atoms with Gasteiger partial charge in [0.25, 0.3) is 0 Å². The molecule has 0 atom stereocenters. The van der Waals surface area contributed by atoms with E-state index in [0.29, 0.717) is 5.02 Å². The SMILES string of the molecule is Cc1cc(Br)c(NC(=O)CSc2ccc(Cl)cn2)c(Br)c1. The predicted octanol–water partition coefficient (Wildman–Crippen LogP) is 5.30. The molecule has 0 saturated carbocycles. The second kappa shape index (κ2) is 7.63. The molecule has 0 aliphatic rings. The van der Waals surface area contributed by atoms with Crippen LogP contribution in [0.2, 0.25) is 5.02 Å². The zero-order chi connectivity index (χ0) is 15.4. The van der Waals surface area contributed by atoms with Crippen molar-refractivity contribution in [3.8, 4) is 0 Å². The summed E-state index contributed by atoms with van der Waals surface area (Å²) in [6.07, 6.45) is 1.56. The number of aryl methyl sites for hydroxylation is 1. The monoisotopic (exact) mass is 448 g/mol. The van der Waals surface area contributed by atoms with Crippen LogP contribution in [0.1, 0.15) is 5.56 Å². The van der Waals surface area contributed by atoms with E-state index in [9.17, 15) is 4.79 Å². The molecular formula is C14H11Br2ClN2OS. The van der Waals surface area contributed by atoms with Crippen molar-refractivity contribution in [3.05, 3.63) is 50.0 Å². The molecule has 2 rings (SSSR count). The highest BCUT2D eigenvalue weighted by molar-refractivity contribution is 9.11. The van der Waals surface area contributed by atoms with Gasteiger partial charge in [-0.2, -0.15) is 0 Å². The molecule has 0 bridgehead atoms. The van der Waals surface area contributed by atoms with Crippen molar-refractivity contribution >= 4 is 66.8 Å². The molecule has 0 aliphatic carbocycles. The van der Waals surface area contributed by atoms with E-state index in [1.807, 2.05) is 19.1 Å². The lowest BCUT2D eigenvalue weighted by molar-refractivity contribution is -0.113. The number of nitrogens with one attached hydrogen (secondary N) is 1. The molecule has 21 heavy (non-hydrogen) atoms. The van der Waals surface area contributed by atoms with Gasteiger partial charge < -0.3 is 5.32 Å². The van der Waals surface area contributed by atoms with Gasteiger partial charge in [0.1, 0.15) is 0 Å². The van der Waals surface area contributed by atoms with E-state index in [1.54, 1.807) is 18.3 Å². The summed E-state index contributed by atoms with van der Waals surface area (Å²) < 4.78 is 1.69. The van der Waals surface area contributed by atoms with Crippen molar-refractivity contribution < 1.29 is 4.79 Å². The Hall–Kier alpha value is -0.560. The second-order valence-corrected chi connectivity index (χ2v) is 7.40. The first kappa shape index (κ1) is 16.8. The summed E-state index contributed by atoms with van der Waals surface area (Å²) in [6, 6.07) is 7.45. The number of rotatable bonds is 4. The molecule has 1 heterocycles. The number of carbonyl (C=O) groups excluding carboxylic acids is 1. The van der Waals surface area contributed by atoms with Gasteiger partial charge in [-0.05, 0) is 68.6 Å². The van der Waals surface area contributed by atoms with Crippen LogP contribution in [-0.2, 0) is 4.79 Å². The molecule has 1 amide bonds. The average Bonchev–Trinajstić information content (AvgIpc) is 2.42. The summed E-state index contributed by atoms with van der Waals surface area (Å²) in [6.45, 7) is 1.99. The highest BCUT2D eigenvalue weighted by Gasteiger charge is 2.10. The number of hydrogen-bond acceptors (Lipinski definition) is 3. The fourth-order valence-electron chi connectivity index (χ4n) is 1.58. The standard InChI is InChI=1S/C14H11Br2ClN2OS/c1-8-4-10(15)14(11(16)5-8)19-12(20)7-21-13-3-2-9(17)6-18-13/h2-6H,7H2,1H3,(H,19,20). The minimum Gasteiger partial charge on any atom is -0.323 e. The highest BCUT2D eigenvalue weighted by Crippen LogP contribution is 2.32. The number of thioether (sulfide) groups is 1. The lowest BCUT2D eigenvalue weighted by atomic mass is 10.2. The Morgan fingerprint density at radius 3 is 2.57 bits per heavy atom. The first-order valence-electron chi connectivity index (χ1n) is 5.95. The van der Waals surface area contributed by atoms with E-state index in [4.69, 9.17) is 11.6 Å². The Kier molecular flexibility index (Phi) is 6.10. The first-order chi connectivity index (χ1) is 9.95. The molecule has 0 radical (unpaired) electrons.